The number of carbonyl (C=O) groups is 4. The average molecular weight is 568 g/mol. The van der Waals surface area contributed by atoms with Gasteiger partial charge in [0.25, 0.3) is 5.91 Å². The lowest BCUT2D eigenvalue weighted by Crippen LogP contribution is -2.34. The van der Waals surface area contributed by atoms with Crippen LogP contribution in [0.5, 0.6) is 0 Å². The molecule has 7 nitrogen and oxygen atoms in total. The van der Waals surface area contributed by atoms with Crippen LogP contribution in [0.4, 0.5) is 11.4 Å². The average Bonchev–Trinajstić information content (AvgIpc) is 3.04. The van der Waals surface area contributed by atoms with Crippen molar-refractivity contribution in [3.05, 3.63) is 58.1 Å². The highest BCUT2D eigenvalue weighted by atomic mass is 79.9. The lowest BCUT2D eigenvalue weighted by atomic mass is 9.80. The Bertz CT molecular complexity index is 1130. The summed E-state index contributed by atoms with van der Waals surface area (Å²) in [6.45, 7) is 1.44. The van der Waals surface area contributed by atoms with Gasteiger partial charge in [0.1, 0.15) is 0 Å². The van der Waals surface area contributed by atoms with Gasteiger partial charge in [0.05, 0.1) is 33.8 Å². The maximum absolute atomic E-state index is 12.9. The Kier molecular flexibility index (Phi) is 7.31. The summed E-state index contributed by atoms with van der Waals surface area (Å²) < 4.78 is 6.01. The number of alkyl halides is 2. The molecule has 0 spiro atoms. The molecule has 10 heteroatoms. The Labute approximate surface area is 214 Å². The lowest BCUT2D eigenvalue weighted by Gasteiger charge is -2.28. The van der Waals surface area contributed by atoms with Crippen LogP contribution in [-0.2, 0) is 19.1 Å². The van der Waals surface area contributed by atoms with Crippen LogP contribution in [0.25, 0.3) is 0 Å². The van der Waals surface area contributed by atoms with Crippen LogP contribution in [0.3, 0.4) is 0 Å². The van der Waals surface area contributed by atoms with Crippen LogP contribution in [0.1, 0.15) is 28.8 Å². The maximum Gasteiger partial charge on any atom is 0.338 e. The number of hydrogen-bond acceptors (Lipinski definition) is 5. The van der Waals surface area contributed by atoms with Crippen LogP contribution < -0.4 is 10.2 Å². The second-order valence-electron chi connectivity index (χ2n) is 8.36. The normalized spacial score (nSPS) is 24.1. The van der Waals surface area contributed by atoms with Gasteiger partial charge in [0, 0.05) is 10.2 Å². The summed E-state index contributed by atoms with van der Waals surface area (Å²) in [7, 11) is 0. The molecule has 1 saturated carbocycles. The van der Waals surface area contributed by atoms with E-state index in [1.807, 2.05) is 13.0 Å². The molecule has 0 radical (unpaired) electrons. The summed E-state index contributed by atoms with van der Waals surface area (Å²) in [5.41, 5.74) is 2.09. The maximum atomic E-state index is 12.9. The highest BCUT2D eigenvalue weighted by Crippen LogP contribution is 2.43. The van der Waals surface area contributed by atoms with Crippen LogP contribution in [0.2, 0.25) is 0 Å². The molecule has 2 aromatic carbocycles. The van der Waals surface area contributed by atoms with Gasteiger partial charge < -0.3 is 10.1 Å². The number of anilines is 2. The number of aryl methyl sites for hydroxylation is 1. The molecular formula is C24H21BrCl2N2O5. The second kappa shape index (κ2) is 10.1. The molecule has 1 aliphatic carbocycles. The summed E-state index contributed by atoms with van der Waals surface area (Å²) in [5.74, 6) is -2.75. The Morgan fingerprint density at radius 3 is 2.18 bits per heavy atom. The van der Waals surface area contributed by atoms with Gasteiger partial charge in [0.2, 0.25) is 11.8 Å². The van der Waals surface area contributed by atoms with Gasteiger partial charge in [0.15, 0.2) is 6.61 Å². The smallest absolute Gasteiger partial charge is 0.338 e. The molecule has 2 aromatic rings. The van der Waals surface area contributed by atoms with Gasteiger partial charge in [-0.2, -0.15) is 0 Å². The highest BCUT2D eigenvalue weighted by Gasteiger charge is 2.52. The zero-order valence-electron chi connectivity index (χ0n) is 18.1. The summed E-state index contributed by atoms with van der Waals surface area (Å²) in [6, 6.07) is 11.2. The standard InChI is InChI=1S/C24H21BrCl2N2O5/c1-12-8-14(4-7-18(12)25)28-21(30)11-34-24(33)13-2-5-15(6-3-13)29-22(31)16-9-19(26)20(27)10-17(16)23(29)32/h2-8,16-17,19-20H,9-11H2,1H3,(H,28,30)/t16-,17-,19-,20+/m1/s1. The summed E-state index contributed by atoms with van der Waals surface area (Å²) in [4.78, 5) is 51.3. The van der Waals surface area contributed by atoms with Gasteiger partial charge in [-0.15, -0.1) is 23.2 Å². The van der Waals surface area contributed by atoms with E-state index < -0.39 is 30.3 Å². The van der Waals surface area contributed by atoms with Crippen molar-refractivity contribution in [1.82, 2.24) is 0 Å². The zero-order chi connectivity index (χ0) is 24.6. The molecule has 0 aromatic heterocycles. The largest absolute Gasteiger partial charge is 0.452 e. The van der Waals surface area contributed by atoms with Crippen molar-refractivity contribution >= 4 is 74.2 Å². The van der Waals surface area contributed by atoms with E-state index in [0.717, 1.165) is 14.9 Å². The number of carbonyl (C=O) groups excluding carboxylic acids is 4. The first-order chi connectivity index (χ1) is 16.2. The zero-order valence-corrected chi connectivity index (χ0v) is 21.2. The number of imide groups is 1. The van der Waals surface area contributed by atoms with E-state index in [-0.39, 0.29) is 28.1 Å². The first-order valence-electron chi connectivity index (χ1n) is 10.6. The third-order valence-corrected chi connectivity index (χ3v) is 8.03. The van der Waals surface area contributed by atoms with Crippen LogP contribution in [0.15, 0.2) is 46.9 Å². The Hall–Kier alpha value is -2.42. The van der Waals surface area contributed by atoms with Crippen molar-refractivity contribution < 1.29 is 23.9 Å². The van der Waals surface area contributed by atoms with E-state index in [1.165, 1.54) is 24.3 Å². The number of benzene rings is 2. The predicted molar refractivity (Wildman–Crippen MR) is 132 cm³/mol. The van der Waals surface area contributed by atoms with Gasteiger partial charge in [-0.05, 0) is 67.8 Å². The fourth-order valence-corrected chi connectivity index (χ4v) is 5.07. The van der Waals surface area contributed by atoms with Gasteiger partial charge in [-0.1, -0.05) is 15.9 Å². The van der Waals surface area contributed by atoms with Crippen LogP contribution in [-0.4, -0.2) is 41.1 Å². The third kappa shape index (κ3) is 4.99. The number of nitrogens with zero attached hydrogens (tertiary/aromatic N) is 1. The number of ether oxygens (including phenoxy) is 1. The summed E-state index contributed by atoms with van der Waals surface area (Å²) >= 11 is 15.8. The molecule has 1 N–H and O–H groups in total. The number of rotatable bonds is 5. The molecule has 2 fully saturated rings. The number of amides is 3. The van der Waals surface area contributed by atoms with Crippen LogP contribution >= 0.6 is 39.1 Å². The van der Waals surface area contributed by atoms with E-state index in [1.54, 1.807) is 12.1 Å². The minimum absolute atomic E-state index is 0.189. The molecule has 2 aliphatic rings. The quantitative estimate of drug-likeness (QED) is 0.322. The number of hydrogen-bond donors (Lipinski definition) is 1. The molecule has 34 heavy (non-hydrogen) atoms. The van der Waals surface area contributed by atoms with E-state index in [0.29, 0.717) is 24.2 Å². The minimum Gasteiger partial charge on any atom is -0.452 e. The first kappa shape index (κ1) is 24.7. The van der Waals surface area contributed by atoms with Crippen molar-refractivity contribution in [1.29, 1.82) is 0 Å². The SMILES string of the molecule is Cc1cc(NC(=O)COC(=O)c2ccc(N3C(=O)[C@@H]4C[C@@H](Cl)[C@@H](Cl)C[C@H]4C3=O)cc2)ccc1Br. The second-order valence-corrected chi connectivity index (χ2v) is 10.3. The van der Waals surface area contributed by atoms with E-state index in [2.05, 4.69) is 21.2 Å². The van der Waals surface area contributed by atoms with Gasteiger partial charge in [-0.25, -0.2) is 4.79 Å². The third-order valence-electron chi connectivity index (χ3n) is 6.05. The number of fused-ring (bicyclic) bond motifs is 1. The molecule has 1 saturated heterocycles. The number of nitrogens with one attached hydrogen (secondary N) is 1. The highest BCUT2D eigenvalue weighted by molar-refractivity contribution is 9.10. The molecule has 4 atom stereocenters. The first-order valence-corrected chi connectivity index (χ1v) is 12.3. The number of esters is 1. The topological polar surface area (TPSA) is 92.8 Å². The fraction of sp³-hybridized carbons (Fsp3) is 0.333. The van der Waals surface area contributed by atoms with E-state index in [4.69, 9.17) is 27.9 Å². The molecule has 178 valence electrons. The molecule has 1 heterocycles. The molecular weight excluding hydrogens is 547 g/mol. The van der Waals surface area contributed by atoms with Crippen molar-refractivity contribution in [2.75, 3.05) is 16.8 Å². The van der Waals surface area contributed by atoms with E-state index >= 15 is 0 Å². The summed E-state index contributed by atoms with van der Waals surface area (Å²) in [5, 5.41) is 1.95. The monoisotopic (exact) mass is 566 g/mol. The van der Waals surface area contributed by atoms with Crippen LogP contribution in [0, 0.1) is 18.8 Å². The van der Waals surface area contributed by atoms with E-state index in [9.17, 15) is 19.2 Å². The lowest BCUT2D eigenvalue weighted by molar-refractivity contribution is -0.122. The summed E-state index contributed by atoms with van der Waals surface area (Å²) in [6.07, 6.45) is 0.710. The van der Waals surface area contributed by atoms with Crippen molar-refractivity contribution in [2.45, 2.75) is 30.5 Å². The number of halogens is 3. The van der Waals surface area contributed by atoms with Crippen molar-refractivity contribution in [3.63, 3.8) is 0 Å². The minimum atomic E-state index is -0.698. The van der Waals surface area contributed by atoms with Gasteiger partial charge in [-0.3, -0.25) is 19.3 Å². The molecule has 1 aliphatic heterocycles. The molecule has 0 unspecified atom stereocenters. The Morgan fingerprint density at radius 2 is 1.62 bits per heavy atom. The van der Waals surface area contributed by atoms with Gasteiger partial charge >= 0.3 is 5.97 Å². The Balaban J connectivity index is 1.36. The van der Waals surface area contributed by atoms with Crippen molar-refractivity contribution in [2.24, 2.45) is 11.8 Å². The van der Waals surface area contributed by atoms with Crippen molar-refractivity contribution in [3.8, 4) is 0 Å². The predicted octanol–water partition coefficient (Wildman–Crippen LogP) is 4.67. The molecule has 4 rings (SSSR count). The fourth-order valence-electron chi connectivity index (χ4n) is 4.23. The molecule has 0 bridgehead atoms. The molecule has 3 amide bonds. The Morgan fingerprint density at radius 1 is 1.03 bits per heavy atom.